The number of ether oxygens (including phenoxy) is 1. The van der Waals surface area contributed by atoms with Crippen molar-refractivity contribution in [3.8, 4) is 5.75 Å². The van der Waals surface area contributed by atoms with Crippen LogP contribution in [0.1, 0.15) is 87.1 Å². The maximum atomic E-state index is 11.4. The van der Waals surface area contributed by atoms with Gasteiger partial charge in [0.15, 0.2) is 0 Å². The molecule has 0 saturated heterocycles. The fourth-order valence-corrected chi connectivity index (χ4v) is 2.82. The van der Waals surface area contributed by atoms with Crippen LogP contribution in [0, 0.1) is 0 Å². The van der Waals surface area contributed by atoms with Gasteiger partial charge in [0.25, 0.3) is 5.24 Å². The van der Waals surface area contributed by atoms with Gasteiger partial charge in [-0.2, -0.15) is 0 Å². The molecule has 1 rings (SSSR count). The minimum atomic E-state index is -0.428. The molecule has 0 aliphatic rings. The molecule has 3 heteroatoms. The van der Waals surface area contributed by atoms with E-state index in [2.05, 4.69) is 13.8 Å². The van der Waals surface area contributed by atoms with E-state index in [4.69, 9.17) is 16.3 Å². The Bertz CT molecular complexity index is 457. The van der Waals surface area contributed by atoms with E-state index in [1.807, 2.05) is 12.1 Å². The van der Waals surface area contributed by atoms with Crippen LogP contribution >= 0.6 is 11.6 Å². The Kier molecular flexibility index (Phi) is 9.22. The minimum absolute atomic E-state index is 0.417. The van der Waals surface area contributed by atoms with Crippen LogP contribution in [-0.4, -0.2) is 12.4 Å². The number of halogens is 1. The van der Waals surface area contributed by atoms with Crippen molar-refractivity contribution in [1.82, 2.24) is 0 Å². The molecular weight excluding hydrogens is 296 g/mol. The monoisotopic (exact) mass is 324 g/mol. The molecule has 0 aliphatic heterocycles. The topological polar surface area (TPSA) is 26.3 Å². The molecule has 1 atom stereocenters. The standard InChI is InChI=1S/C19H29ClO2/c1-4-5-6-7-8-9-10-11-15(2)16-12-17(19(20)21)14-18(13-16)22-3/h12-15H,4-11H2,1-3H3/t15-/m1/s1. The van der Waals surface area contributed by atoms with Crippen molar-refractivity contribution in [2.24, 2.45) is 0 Å². The lowest BCUT2D eigenvalue weighted by atomic mass is 9.93. The van der Waals surface area contributed by atoms with Gasteiger partial charge in [-0.25, -0.2) is 0 Å². The van der Waals surface area contributed by atoms with Crippen molar-refractivity contribution in [1.29, 1.82) is 0 Å². The van der Waals surface area contributed by atoms with Gasteiger partial charge >= 0.3 is 0 Å². The van der Waals surface area contributed by atoms with Crippen LogP contribution in [0.25, 0.3) is 0 Å². The smallest absolute Gasteiger partial charge is 0.252 e. The Balaban J connectivity index is 2.46. The third kappa shape index (κ3) is 6.83. The molecule has 0 N–H and O–H groups in total. The predicted molar refractivity (Wildman–Crippen MR) is 94.2 cm³/mol. The summed E-state index contributed by atoms with van der Waals surface area (Å²) in [6, 6.07) is 5.60. The number of hydrogen-bond acceptors (Lipinski definition) is 2. The van der Waals surface area contributed by atoms with Crippen LogP contribution in [-0.2, 0) is 0 Å². The molecular formula is C19H29ClO2. The average molecular weight is 325 g/mol. The molecule has 0 bridgehead atoms. The molecule has 2 nitrogen and oxygen atoms in total. The fraction of sp³-hybridized carbons (Fsp3) is 0.632. The van der Waals surface area contributed by atoms with Crippen molar-refractivity contribution in [3.63, 3.8) is 0 Å². The second-order valence-corrected chi connectivity index (χ2v) is 6.42. The maximum absolute atomic E-state index is 11.4. The van der Waals surface area contributed by atoms with Crippen LogP contribution in [0.3, 0.4) is 0 Å². The van der Waals surface area contributed by atoms with Crippen molar-refractivity contribution in [3.05, 3.63) is 29.3 Å². The third-order valence-corrected chi connectivity index (χ3v) is 4.42. The molecule has 22 heavy (non-hydrogen) atoms. The van der Waals surface area contributed by atoms with Crippen LogP contribution in [0.5, 0.6) is 5.75 Å². The van der Waals surface area contributed by atoms with Gasteiger partial charge in [0, 0.05) is 5.56 Å². The van der Waals surface area contributed by atoms with Crippen LogP contribution in [0.4, 0.5) is 0 Å². The first-order valence-corrected chi connectivity index (χ1v) is 8.85. The Hall–Kier alpha value is -1.02. The van der Waals surface area contributed by atoms with E-state index in [0.29, 0.717) is 17.2 Å². The summed E-state index contributed by atoms with van der Waals surface area (Å²) in [4.78, 5) is 11.4. The highest BCUT2D eigenvalue weighted by Gasteiger charge is 2.11. The zero-order chi connectivity index (χ0) is 16.4. The number of carbonyl (C=O) groups is 1. The van der Waals surface area contributed by atoms with Gasteiger partial charge in [-0.1, -0.05) is 58.8 Å². The van der Waals surface area contributed by atoms with Gasteiger partial charge in [-0.15, -0.1) is 0 Å². The zero-order valence-corrected chi connectivity index (χ0v) is 14.9. The van der Waals surface area contributed by atoms with Gasteiger partial charge in [0.1, 0.15) is 5.75 Å². The molecule has 0 aromatic heterocycles. The molecule has 0 amide bonds. The van der Waals surface area contributed by atoms with E-state index in [9.17, 15) is 4.79 Å². The maximum Gasteiger partial charge on any atom is 0.252 e. The van der Waals surface area contributed by atoms with Crippen LogP contribution < -0.4 is 4.74 Å². The molecule has 124 valence electrons. The quantitative estimate of drug-likeness (QED) is 0.351. The number of carbonyl (C=O) groups excluding carboxylic acids is 1. The second-order valence-electron chi connectivity index (χ2n) is 6.08. The number of methoxy groups -OCH3 is 1. The van der Waals surface area contributed by atoms with E-state index in [0.717, 1.165) is 12.0 Å². The van der Waals surface area contributed by atoms with Gasteiger partial charge < -0.3 is 4.74 Å². The average Bonchev–Trinajstić information content (AvgIpc) is 2.53. The number of unbranched alkanes of at least 4 members (excludes halogenated alkanes) is 6. The van der Waals surface area contributed by atoms with E-state index >= 15 is 0 Å². The summed E-state index contributed by atoms with van der Waals surface area (Å²) in [6.45, 7) is 4.45. The Labute approximate surface area is 140 Å². The lowest BCUT2D eigenvalue weighted by Gasteiger charge is -2.14. The fourth-order valence-electron chi connectivity index (χ4n) is 2.71. The number of rotatable bonds is 11. The van der Waals surface area contributed by atoms with E-state index in [1.165, 1.54) is 44.9 Å². The molecule has 0 unspecified atom stereocenters. The molecule has 0 radical (unpaired) electrons. The van der Waals surface area contributed by atoms with Gasteiger partial charge in [-0.05, 0) is 47.7 Å². The summed E-state index contributed by atoms with van der Waals surface area (Å²) in [5, 5.41) is -0.428. The highest BCUT2D eigenvalue weighted by molar-refractivity contribution is 6.67. The molecule has 0 saturated carbocycles. The second kappa shape index (κ2) is 10.7. The zero-order valence-electron chi connectivity index (χ0n) is 14.2. The molecule has 0 spiro atoms. The lowest BCUT2D eigenvalue weighted by Crippen LogP contribution is -1.99. The van der Waals surface area contributed by atoms with Gasteiger partial charge in [0.2, 0.25) is 0 Å². The van der Waals surface area contributed by atoms with E-state index in [1.54, 1.807) is 13.2 Å². The molecule has 1 aromatic rings. The number of benzene rings is 1. The van der Waals surface area contributed by atoms with Crippen molar-refractivity contribution in [2.75, 3.05) is 7.11 Å². The molecule has 0 heterocycles. The lowest BCUT2D eigenvalue weighted by molar-refractivity contribution is 0.108. The third-order valence-electron chi connectivity index (χ3n) is 4.20. The van der Waals surface area contributed by atoms with Gasteiger partial charge in [0.05, 0.1) is 7.11 Å². The summed E-state index contributed by atoms with van der Waals surface area (Å²) in [5.41, 5.74) is 1.65. The first-order valence-electron chi connectivity index (χ1n) is 8.47. The summed E-state index contributed by atoms with van der Waals surface area (Å²) in [6.07, 6.45) is 10.4. The van der Waals surface area contributed by atoms with Crippen molar-refractivity contribution < 1.29 is 9.53 Å². The van der Waals surface area contributed by atoms with Crippen LogP contribution in [0.15, 0.2) is 18.2 Å². The Morgan fingerprint density at radius 2 is 1.73 bits per heavy atom. The molecule has 0 aliphatic carbocycles. The summed E-state index contributed by atoms with van der Waals surface area (Å²) in [5.74, 6) is 1.12. The first-order chi connectivity index (χ1) is 10.6. The van der Waals surface area contributed by atoms with Crippen LogP contribution in [0.2, 0.25) is 0 Å². The summed E-state index contributed by atoms with van der Waals surface area (Å²) >= 11 is 5.60. The molecule has 0 fully saturated rings. The minimum Gasteiger partial charge on any atom is -0.497 e. The Morgan fingerprint density at radius 1 is 1.09 bits per heavy atom. The number of hydrogen-bond donors (Lipinski definition) is 0. The van der Waals surface area contributed by atoms with Crippen molar-refractivity contribution >= 4 is 16.8 Å². The summed E-state index contributed by atoms with van der Waals surface area (Å²) in [7, 11) is 1.61. The molecule has 1 aromatic carbocycles. The SMILES string of the molecule is CCCCCCCCC[C@@H](C)c1cc(OC)cc(C(=O)Cl)c1. The van der Waals surface area contributed by atoms with E-state index in [-0.39, 0.29) is 0 Å². The van der Waals surface area contributed by atoms with E-state index < -0.39 is 5.24 Å². The normalized spacial score (nSPS) is 12.2. The highest BCUT2D eigenvalue weighted by Crippen LogP contribution is 2.27. The van der Waals surface area contributed by atoms with Crippen molar-refractivity contribution in [2.45, 2.75) is 71.1 Å². The van der Waals surface area contributed by atoms with Gasteiger partial charge in [-0.3, -0.25) is 4.79 Å². The Morgan fingerprint density at radius 3 is 2.32 bits per heavy atom. The first kappa shape index (κ1) is 19.0. The predicted octanol–water partition coefficient (Wildman–Crippen LogP) is 6.32. The highest BCUT2D eigenvalue weighted by atomic mass is 35.5. The summed E-state index contributed by atoms with van der Waals surface area (Å²) < 4.78 is 5.27. The largest absolute Gasteiger partial charge is 0.497 e.